The van der Waals surface area contributed by atoms with E-state index in [0.717, 1.165) is 5.56 Å². The summed E-state index contributed by atoms with van der Waals surface area (Å²) in [5.74, 6) is -0.971. The van der Waals surface area contributed by atoms with Crippen molar-refractivity contribution < 1.29 is 24.3 Å². The number of nitrogens with zero attached hydrogens (tertiary/aromatic N) is 1. The predicted molar refractivity (Wildman–Crippen MR) is 108 cm³/mol. The molecule has 0 saturated carbocycles. The second-order valence-corrected chi connectivity index (χ2v) is 6.67. The number of nitrogens with one attached hydrogen (secondary N) is 1. The van der Waals surface area contributed by atoms with Crippen LogP contribution in [0, 0.1) is 0 Å². The van der Waals surface area contributed by atoms with Gasteiger partial charge in [-0.2, -0.15) is 0 Å². The maximum absolute atomic E-state index is 12.1. The number of carbonyl (C=O) groups is 3. The van der Waals surface area contributed by atoms with Gasteiger partial charge < -0.3 is 10.1 Å². The number of esters is 1. The number of hydroxylamine groups is 2. The van der Waals surface area contributed by atoms with Gasteiger partial charge in [0.2, 0.25) is 12.3 Å². The van der Waals surface area contributed by atoms with E-state index < -0.39 is 17.9 Å². The molecule has 1 rings (SSSR count). The van der Waals surface area contributed by atoms with Crippen molar-refractivity contribution in [1.82, 2.24) is 10.4 Å². The fourth-order valence-electron chi connectivity index (χ4n) is 2.25. The van der Waals surface area contributed by atoms with Gasteiger partial charge in [0.1, 0.15) is 6.04 Å². The number of rotatable bonds is 11. The summed E-state index contributed by atoms with van der Waals surface area (Å²) in [4.78, 5) is 34.3. The van der Waals surface area contributed by atoms with E-state index in [4.69, 9.17) is 9.94 Å². The molecule has 1 aromatic carbocycles. The number of hydrogen-bond acceptors (Lipinski definition) is 5. The molecule has 7 nitrogen and oxygen atoms in total. The summed E-state index contributed by atoms with van der Waals surface area (Å²) in [6.07, 6.45) is 4.18. The lowest BCUT2D eigenvalue weighted by molar-refractivity contribution is -0.153. The second-order valence-electron chi connectivity index (χ2n) is 6.67. The Morgan fingerprint density at radius 1 is 1.18 bits per heavy atom. The third-order valence-electron chi connectivity index (χ3n) is 3.65. The Labute approximate surface area is 168 Å². The van der Waals surface area contributed by atoms with Crippen molar-refractivity contribution in [3.05, 3.63) is 35.9 Å². The predicted octanol–water partition coefficient (Wildman–Crippen LogP) is 3.10. The molecule has 1 atom stereocenters. The second kappa shape index (κ2) is 15.6. The fraction of sp³-hybridized carbons (Fsp3) is 0.571. The van der Waals surface area contributed by atoms with Gasteiger partial charge in [0, 0.05) is 12.8 Å². The Morgan fingerprint density at radius 3 is 2.25 bits per heavy atom. The van der Waals surface area contributed by atoms with E-state index in [9.17, 15) is 14.4 Å². The zero-order valence-electron chi connectivity index (χ0n) is 17.4. The number of carbonyl (C=O) groups excluding carboxylic acids is 3. The number of benzene rings is 1. The number of ether oxygens (including phenoxy) is 1. The van der Waals surface area contributed by atoms with Crippen LogP contribution < -0.4 is 5.32 Å². The lowest BCUT2D eigenvalue weighted by Gasteiger charge is -2.19. The summed E-state index contributed by atoms with van der Waals surface area (Å²) in [5, 5.41) is 12.0. The Bertz CT molecular complexity index is 561. The molecule has 2 N–H and O–H groups in total. The van der Waals surface area contributed by atoms with Gasteiger partial charge in [0.25, 0.3) is 0 Å². The van der Waals surface area contributed by atoms with Crippen LogP contribution in [-0.4, -0.2) is 47.2 Å². The number of unbranched alkanes of at least 4 members (excludes halogenated alkanes) is 2. The molecular weight excluding hydrogens is 360 g/mol. The highest BCUT2D eigenvalue weighted by Gasteiger charge is 2.23. The Morgan fingerprint density at radius 2 is 1.79 bits per heavy atom. The van der Waals surface area contributed by atoms with Crippen molar-refractivity contribution in [2.45, 2.75) is 71.9 Å². The van der Waals surface area contributed by atoms with E-state index >= 15 is 0 Å². The molecule has 0 radical (unpaired) electrons. The van der Waals surface area contributed by atoms with Crippen molar-refractivity contribution in [3.63, 3.8) is 0 Å². The molecule has 0 spiro atoms. The molecule has 0 heterocycles. The monoisotopic (exact) mass is 394 g/mol. The normalized spacial score (nSPS) is 11.1. The number of amides is 2. The first kappa shape index (κ1) is 25.6. The minimum Gasteiger partial charge on any atom is -0.461 e. The van der Waals surface area contributed by atoms with Gasteiger partial charge in [-0.25, -0.2) is 9.86 Å². The van der Waals surface area contributed by atoms with E-state index in [0.29, 0.717) is 11.5 Å². The van der Waals surface area contributed by atoms with Crippen LogP contribution in [-0.2, 0) is 25.5 Å². The topological polar surface area (TPSA) is 95.9 Å². The molecule has 0 aliphatic rings. The lowest BCUT2D eigenvalue weighted by atomic mass is 10.1. The summed E-state index contributed by atoms with van der Waals surface area (Å²) >= 11 is 0. The van der Waals surface area contributed by atoms with E-state index in [1.54, 1.807) is 13.8 Å². The maximum atomic E-state index is 12.1. The van der Waals surface area contributed by atoms with Gasteiger partial charge in [-0.05, 0) is 19.4 Å². The molecule has 0 aliphatic heterocycles. The Kier molecular flexibility index (Phi) is 14.3. The molecular formula is C21H34N2O5. The van der Waals surface area contributed by atoms with Crippen molar-refractivity contribution in [3.8, 4) is 0 Å². The molecule has 0 saturated heterocycles. The van der Waals surface area contributed by atoms with E-state index in [2.05, 4.69) is 19.2 Å². The first-order chi connectivity index (χ1) is 13.3. The SMILES string of the molecule is CC(C)OC(=O)[C@H](Cc1ccccc1)NC(=O)CCN(O)C=O.CCCCC. The van der Waals surface area contributed by atoms with Crippen LogP contribution in [0.15, 0.2) is 30.3 Å². The van der Waals surface area contributed by atoms with Crippen LogP contribution in [0.1, 0.15) is 58.9 Å². The standard InChI is InChI=1S/C16H22N2O5.C5H12/c1-12(2)23-16(21)14(10-13-6-4-3-5-7-13)17-15(20)8-9-18(22)11-19;1-3-5-4-2/h3-7,11-12,14,22H,8-10H2,1-2H3,(H,17,20);3-5H2,1-2H3/t14-;/m0./s1. The van der Waals surface area contributed by atoms with Crippen LogP contribution in [0.3, 0.4) is 0 Å². The molecule has 158 valence electrons. The van der Waals surface area contributed by atoms with Crippen molar-refractivity contribution in [2.75, 3.05) is 6.54 Å². The van der Waals surface area contributed by atoms with E-state index in [-0.39, 0.29) is 25.5 Å². The first-order valence-corrected chi connectivity index (χ1v) is 9.78. The van der Waals surface area contributed by atoms with Crippen LogP contribution in [0.4, 0.5) is 0 Å². The molecule has 0 unspecified atom stereocenters. The average molecular weight is 395 g/mol. The Balaban J connectivity index is 0.00000129. The van der Waals surface area contributed by atoms with Crippen molar-refractivity contribution in [2.24, 2.45) is 0 Å². The minimum atomic E-state index is -0.823. The zero-order valence-corrected chi connectivity index (χ0v) is 17.4. The van der Waals surface area contributed by atoms with Gasteiger partial charge in [0.05, 0.1) is 12.6 Å². The fourth-order valence-corrected chi connectivity index (χ4v) is 2.25. The van der Waals surface area contributed by atoms with Crippen LogP contribution in [0.5, 0.6) is 0 Å². The quantitative estimate of drug-likeness (QED) is 0.260. The summed E-state index contributed by atoms with van der Waals surface area (Å²) in [7, 11) is 0. The molecule has 7 heteroatoms. The molecule has 28 heavy (non-hydrogen) atoms. The van der Waals surface area contributed by atoms with Crippen LogP contribution >= 0.6 is 0 Å². The molecule has 0 fully saturated rings. The van der Waals surface area contributed by atoms with Gasteiger partial charge in [-0.3, -0.25) is 14.8 Å². The summed E-state index contributed by atoms with van der Waals surface area (Å²) in [5.41, 5.74) is 0.884. The molecule has 2 amide bonds. The smallest absolute Gasteiger partial charge is 0.329 e. The van der Waals surface area contributed by atoms with Gasteiger partial charge in [-0.1, -0.05) is 63.4 Å². The maximum Gasteiger partial charge on any atom is 0.329 e. The lowest BCUT2D eigenvalue weighted by Crippen LogP contribution is -2.44. The molecule has 0 aliphatic carbocycles. The number of hydrogen-bond donors (Lipinski definition) is 2. The van der Waals surface area contributed by atoms with E-state index in [1.165, 1.54) is 19.3 Å². The molecule has 0 aromatic heterocycles. The zero-order chi connectivity index (χ0) is 21.4. The highest BCUT2D eigenvalue weighted by atomic mass is 16.5. The minimum absolute atomic E-state index is 0.116. The van der Waals surface area contributed by atoms with Crippen LogP contribution in [0.25, 0.3) is 0 Å². The third kappa shape index (κ3) is 12.9. The van der Waals surface area contributed by atoms with Gasteiger partial charge in [-0.15, -0.1) is 0 Å². The van der Waals surface area contributed by atoms with Crippen molar-refractivity contribution >= 4 is 18.3 Å². The molecule has 0 bridgehead atoms. The first-order valence-electron chi connectivity index (χ1n) is 9.78. The van der Waals surface area contributed by atoms with E-state index in [1.807, 2.05) is 30.3 Å². The summed E-state index contributed by atoms with van der Waals surface area (Å²) < 4.78 is 5.16. The van der Waals surface area contributed by atoms with Crippen molar-refractivity contribution in [1.29, 1.82) is 0 Å². The largest absolute Gasteiger partial charge is 0.461 e. The van der Waals surface area contributed by atoms with Gasteiger partial charge >= 0.3 is 5.97 Å². The highest BCUT2D eigenvalue weighted by molar-refractivity contribution is 5.85. The van der Waals surface area contributed by atoms with Gasteiger partial charge in [0.15, 0.2) is 0 Å². The van der Waals surface area contributed by atoms with Crippen LogP contribution in [0.2, 0.25) is 0 Å². The summed E-state index contributed by atoms with van der Waals surface area (Å²) in [6.45, 7) is 7.74. The Hall–Kier alpha value is -2.41. The summed E-state index contributed by atoms with van der Waals surface area (Å²) in [6, 6.07) is 8.42. The third-order valence-corrected chi connectivity index (χ3v) is 3.65. The average Bonchev–Trinajstić information content (AvgIpc) is 2.67. The highest BCUT2D eigenvalue weighted by Crippen LogP contribution is 2.06. The molecule has 1 aromatic rings.